The van der Waals surface area contributed by atoms with Gasteiger partial charge in [0.2, 0.25) is 0 Å². The highest BCUT2D eigenvalue weighted by Crippen LogP contribution is 2.33. The fourth-order valence-electron chi connectivity index (χ4n) is 2.13. The number of halogens is 1. The molecule has 0 unspecified atom stereocenters. The molecule has 3 rings (SSSR count). The number of hydrogen-bond donors (Lipinski definition) is 1. The Morgan fingerprint density at radius 2 is 2.21 bits per heavy atom. The molecule has 1 aromatic carbocycles. The first kappa shape index (κ1) is 17.0. The first-order chi connectivity index (χ1) is 11.5. The average molecular weight is 381 g/mol. The van der Waals surface area contributed by atoms with Gasteiger partial charge in [-0.2, -0.15) is 0 Å². The second-order valence-corrected chi connectivity index (χ2v) is 7.30. The Morgan fingerprint density at radius 3 is 2.88 bits per heavy atom. The topological polar surface area (TPSA) is 68.3 Å². The zero-order valence-electron chi connectivity index (χ0n) is 12.7. The number of carbonyl (C=O) groups is 2. The number of thioether (sulfide) groups is 1. The highest BCUT2D eigenvalue weighted by molar-refractivity contribution is 8.18. The van der Waals surface area contributed by atoms with Gasteiger partial charge in [0.1, 0.15) is 5.75 Å². The van der Waals surface area contributed by atoms with Crippen LogP contribution in [0.15, 0.2) is 28.6 Å². The summed E-state index contributed by atoms with van der Waals surface area (Å²) in [5.74, 6) is 0.135. The van der Waals surface area contributed by atoms with Crippen molar-refractivity contribution in [2.24, 2.45) is 0 Å². The number of nitrogens with zero attached hydrogens (tertiary/aromatic N) is 1. The minimum absolute atomic E-state index is 0.319. The van der Waals surface area contributed by atoms with Crippen LogP contribution in [0.25, 0.3) is 6.08 Å². The van der Waals surface area contributed by atoms with E-state index in [1.54, 1.807) is 35.6 Å². The number of carbonyl (C=O) groups excluding carboxylic acids is 2. The molecule has 0 radical (unpaired) electrons. The standard InChI is InChI=1S/C16H13ClN2O3S2/c1-9-12(23-8-18-9)5-6-22-11-4-2-3-10(14(11)17)7-13-15(20)19-16(21)24-13/h2-4,7-8H,5-6H2,1H3,(H,19,20,21)/b13-7-. The van der Waals surface area contributed by atoms with Crippen molar-refractivity contribution in [1.82, 2.24) is 10.3 Å². The molecule has 1 aliphatic heterocycles. The molecule has 1 aromatic heterocycles. The molecule has 1 fully saturated rings. The Morgan fingerprint density at radius 1 is 1.38 bits per heavy atom. The SMILES string of the molecule is Cc1ncsc1CCOc1cccc(/C=C2\SC(=O)NC2=O)c1Cl. The van der Waals surface area contributed by atoms with Gasteiger partial charge in [-0.1, -0.05) is 23.7 Å². The molecule has 0 aliphatic carbocycles. The molecule has 124 valence electrons. The number of rotatable bonds is 5. The fraction of sp³-hybridized carbons (Fsp3) is 0.188. The van der Waals surface area contributed by atoms with Crippen LogP contribution in [0.2, 0.25) is 5.02 Å². The van der Waals surface area contributed by atoms with Crippen molar-refractivity contribution in [3.63, 3.8) is 0 Å². The van der Waals surface area contributed by atoms with E-state index in [0.29, 0.717) is 27.8 Å². The highest BCUT2D eigenvalue weighted by atomic mass is 35.5. The van der Waals surface area contributed by atoms with Crippen LogP contribution in [0.4, 0.5) is 4.79 Å². The third kappa shape index (κ3) is 3.80. The Balaban J connectivity index is 1.71. The summed E-state index contributed by atoms with van der Waals surface area (Å²) in [7, 11) is 0. The highest BCUT2D eigenvalue weighted by Gasteiger charge is 2.25. The van der Waals surface area contributed by atoms with Crippen molar-refractivity contribution in [2.75, 3.05) is 6.61 Å². The maximum Gasteiger partial charge on any atom is 0.290 e. The normalized spacial score (nSPS) is 15.8. The maximum absolute atomic E-state index is 11.6. The molecule has 2 heterocycles. The van der Waals surface area contributed by atoms with Crippen molar-refractivity contribution in [1.29, 1.82) is 0 Å². The van der Waals surface area contributed by atoms with Crippen molar-refractivity contribution < 1.29 is 14.3 Å². The zero-order chi connectivity index (χ0) is 17.1. The molecule has 2 amide bonds. The number of aromatic nitrogens is 1. The van der Waals surface area contributed by atoms with Crippen molar-refractivity contribution >= 4 is 51.9 Å². The Hall–Kier alpha value is -1.83. The zero-order valence-corrected chi connectivity index (χ0v) is 15.1. The van der Waals surface area contributed by atoms with E-state index in [9.17, 15) is 9.59 Å². The number of amides is 2. The van der Waals surface area contributed by atoms with Crippen LogP contribution < -0.4 is 10.1 Å². The summed E-state index contributed by atoms with van der Waals surface area (Å²) in [4.78, 5) is 28.5. The summed E-state index contributed by atoms with van der Waals surface area (Å²) in [5.41, 5.74) is 3.47. The van der Waals surface area contributed by atoms with Crippen LogP contribution in [-0.4, -0.2) is 22.7 Å². The molecular weight excluding hydrogens is 368 g/mol. The van der Waals surface area contributed by atoms with E-state index >= 15 is 0 Å². The summed E-state index contributed by atoms with van der Waals surface area (Å²) in [5, 5.41) is 2.25. The summed E-state index contributed by atoms with van der Waals surface area (Å²) < 4.78 is 5.76. The lowest BCUT2D eigenvalue weighted by Crippen LogP contribution is -2.17. The number of nitrogens with one attached hydrogen (secondary N) is 1. The lowest BCUT2D eigenvalue weighted by atomic mass is 10.2. The molecule has 1 aliphatic rings. The van der Waals surface area contributed by atoms with E-state index in [0.717, 1.165) is 23.9 Å². The molecular formula is C16H13ClN2O3S2. The van der Waals surface area contributed by atoms with Crippen LogP contribution in [0, 0.1) is 6.92 Å². The van der Waals surface area contributed by atoms with Crippen LogP contribution >= 0.6 is 34.7 Å². The van der Waals surface area contributed by atoms with Gasteiger partial charge in [-0.15, -0.1) is 11.3 Å². The monoisotopic (exact) mass is 380 g/mol. The molecule has 0 spiro atoms. The second kappa shape index (κ2) is 7.38. The predicted octanol–water partition coefficient (Wildman–Crippen LogP) is 4.05. The van der Waals surface area contributed by atoms with Crippen LogP contribution in [0.1, 0.15) is 16.1 Å². The molecule has 1 N–H and O–H groups in total. The Labute approximate surface area is 152 Å². The van der Waals surface area contributed by atoms with Crippen molar-refractivity contribution in [3.8, 4) is 5.75 Å². The number of benzene rings is 1. The van der Waals surface area contributed by atoms with E-state index in [-0.39, 0.29) is 5.24 Å². The summed E-state index contributed by atoms with van der Waals surface area (Å²) in [6.07, 6.45) is 2.35. The first-order valence-electron chi connectivity index (χ1n) is 7.09. The lowest BCUT2D eigenvalue weighted by Gasteiger charge is -2.09. The van der Waals surface area contributed by atoms with Gasteiger partial charge in [0, 0.05) is 11.3 Å². The van der Waals surface area contributed by atoms with Gasteiger partial charge in [0.05, 0.1) is 27.7 Å². The van der Waals surface area contributed by atoms with Gasteiger partial charge in [0.25, 0.3) is 11.1 Å². The van der Waals surface area contributed by atoms with Gasteiger partial charge in [-0.3, -0.25) is 14.9 Å². The molecule has 0 bridgehead atoms. The van der Waals surface area contributed by atoms with Gasteiger partial charge >= 0.3 is 0 Å². The van der Waals surface area contributed by atoms with Crippen molar-refractivity contribution in [2.45, 2.75) is 13.3 Å². The van der Waals surface area contributed by atoms with E-state index in [2.05, 4.69) is 10.3 Å². The quantitative estimate of drug-likeness (QED) is 0.792. The third-order valence-corrected chi connectivity index (χ3v) is 5.56. The number of aryl methyl sites for hydroxylation is 1. The molecule has 24 heavy (non-hydrogen) atoms. The Bertz CT molecular complexity index is 832. The fourth-order valence-corrected chi connectivity index (χ4v) is 3.80. The largest absolute Gasteiger partial charge is 0.492 e. The number of thiazole rings is 1. The van der Waals surface area contributed by atoms with E-state index in [4.69, 9.17) is 16.3 Å². The lowest BCUT2D eigenvalue weighted by molar-refractivity contribution is -0.115. The molecule has 0 atom stereocenters. The summed E-state index contributed by atoms with van der Waals surface area (Å²) in [6.45, 7) is 2.45. The molecule has 1 saturated heterocycles. The Kier molecular flexibility index (Phi) is 5.23. The number of imide groups is 1. The van der Waals surface area contributed by atoms with Gasteiger partial charge < -0.3 is 4.74 Å². The van der Waals surface area contributed by atoms with E-state index in [1.165, 1.54) is 4.88 Å². The van der Waals surface area contributed by atoms with Gasteiger partial charge in [-0.05, 0) is 36.4 Å². The predicted molar refractivity (Wildman–Crippen MR) is 96.6 cm³/mol. The molecule has 2 aromatic rings. The smallest absolute Gasteiger partial charge is 0.290 e. The second-order valence-electron chi connectivity index (χ2n) is 4.97. The van der Waals surface area contributed by atoms with E-state index in [1.807, 2.05) is 12.4 Å². The number of hydrogen-bond acceptors (Lipinski definition) is 6. The summed E-state index contributed by atoms with van der Waals surface area (Å²) in [6, 6.07) is 5.34. The average Bonchev–Trinajstić information content (AvgIpc) is 3.08. The maximum atomic E-state index is 11.6. The van der Waals surface area contributed by atoms with Crippen LogP contribution in [0.3, 0.4) is 0 Å². The van der Waals surface area contributed by atoms with Gasteiger partial charge in [0.15, 0.2) is 0 Å². The van der Waals surface area contributed by atoms with Gasteiger partial charge in [-0.25, -0.2) is 4.98 Å². The molecule has 8 heteroatoms. The first-order valence-corrected chi connectivity index (χ1v) is 9.17. The van der Waals surface area contributed by atoms with Crippen molar-refractivity contribution in [3.05, 3.63) is 49.8 Å². The minimum Gasteiger partial charge on any atom is -0.492 e. The summed E-state index contributed by atoms with van der Waals surface area (Å²) >= 11 is 8.82. The molecule has 0 saturated carbocycles. The van der Waals surface area contributed by atoms with E-state index < -0.39 is 5.91 Å². The minimum atomic E-state index is -0.409. The number of ether oxygens (including phenoxy) is 1. The van der Waals surface area contributed by atoms with Crippen LogP contribution in [-0.2, 0) is 11.2 Å². The molecule has 5 nitrogen and oxygen atoms in total. The third-order valence-electron chi connectivity index (χ3n) is 3.35. The van der Waals surface area contributed by atoms with Crippen LogP contribution in [0.5, 0.6) is 5.75 Å².